The van der Waals surface area contributed by atoms with Crippen LogP contribution < -0.4 is 9.75 Å². The summed E-state index contributed by atoms with van der Waals surface area (Å²) in [6.45, 7) is 1.96. The number of ether oxygens (including phenoxy) is 1. The van der Waals surface area contributed by atoms with Gasteiger partial charge in [-0.3, -0.25) is 4.79 Å². The van der Waals surface area contributed by atoms with Crippen molar-refractivity contribution in [3.8, 4) is 5.75 Å². The number of anilines is 1. The number of carbonyl (C=O) groups is 1. The molecule has 3 aromatic carbocycles. The summed E-state index contributed by atoms with van der Waals surface area (Å²) in [6, 6.07) is 27.7. The second-order valence-electron chi connectivity index (χ2n) is 7.76. The number of allylic oxidation sites excluding steroid dienone is 1. The van der Waals surface area contributed by atoms with Gasteiger partial charge < -0.3 is 4.74 Å². The van der Waals surface area contributed by atoms with Crippen molar-refractivity contribution in [2.24, 2.45) is 10.5 Å². The van der Waals surface area contributed by atoms with Crippen molar-refractivity contribution in [2.45, 2.75) is 19.8 Å². The summed E-state index contributed by atoms with van der Waals surface area (Å²) in [7, 11) is 1.66. The second kappa shape index (κ2) is 9.00. The molecule has 31 heavy (non-hydrogen) atoms. The normalized spacial score (nSPS) is 18.5. The molecule has 0 radical (unpaired) electrons. The van der Waals surface area contributed by atoms with Gasteiger partial charge in [-0.1, -0.05) is 72.8 Å². The Hall–Kier alpha value is -3.66. The van der Waals surface area contributed by atoms with Crippen LogP contribution in [0.2, 0.25) is 0 Å². The van der Waals surface area contributed by atoms with E-state index in [-0.39, 0.29) is 5.91 Å². The molecule has 0 fully saturated rings. The summed E-state index contributed by atoms with van der Waals surface area (Å²) in [5.41, 5.74) is 3.11. The Kier molecular flexibility index (Phi) is 5.99. The Morgan fingerprint density at radius 2 is 1.58 bits per heavy atom. The number of hydrogen-bond donors (Lipinski definition) is 0. The fourth-order valence-corrected chi connectivity index (χ4v) is 3.96. The average Bonchev–Trinajstić information content (AvgIpc) is 3.06. The summed E-state index contributed by atoms with van der Waals surface area (Å²) in [5, 5.41) is 6.24. The van der Waals surface area contributed by atoms with Gasteiger partial charge in [-0.15, -0.1) is 0 Å². The first-order valence-corrected chi connectivity index (χ1v) is 10.4. The maximum atomic E-state index is 13.7. The van der Waals surface area contributed by atoms with Crippen molar-refractivity contribution in [3.05, 3.63) is 102 Å². The van der Waals surface area contributed by atoms with Crippen LogP contribution >= 0.6 is 0 Å². The van der Waals surface area contributed by atoms with Gasteiger partial charge in [0.1, 0.15) is 5.75 Å². The van der Waals surface area contributed by atoms with Crippen LogP contribution in [0.3, 0.4) is 0 Å². The van der Waals surface area contributed by atoms with Crippen LogP contribution in [0.25, 0.3) is 6.08 Å². The van der Waals surface area contributed by atoms with E-state index in [4.69, 9.17) is 4.74 Å². The van der Waals surface area contributed by atoms with E-state index in [2.05, 4.69) is 29.4 Å². The van der Waals surface area contributed by atoms with Crippen LogP contribution in [0.4, 0.5) is 5.69 Å². The number of rotatable bonds is 7. The maximum absolute atomic E-state index is 13.7. The van der Waals surface area contributed by atoms with Crippen LogP contribution in [0, 0.1) is 5.41 Å². The molecule has 3 aromatic rings. The summed E-state index contributed by atoms with van der Waals surface area (Å²) in [5.74, 6) is 0.838. The van der Waals surface area contributed by atoms with Crippen LogP contribution in [0.5, 0.6) is 5.75 Å². The van der Waals surface area contributed by atoms with Crippen molar-refractivity contribution in [3.63, 3.8) is 0 Å². The molecule has 4 nitrogen and oxygen atoms in total. The number of nitrogens with zero attached hydrogens (tertiary/aromatic N) is 2. The third kappa shape index (κ3) is 4.29. The molecule has 1 amide bonds. The van der Waals surface area contributed by atoms with Gasteiger partial charge in [0.05, 0.1) is 23.9 Å². The average molecular weight is 411 g/mol. The smallest absolute Gasteiger partial charge is 0.260 e. The quantitative estimate of drug-likeness (QED) is 0.498. The van der Waals surface area contributed by atoms with Crippen molar-refractivity contribution in [2.75, 3.05) is 12.1 Å². The predicted octanol–water partition coefficient (Wildman–Crippen LogP) is 5.75. The third-order valence-electron chi connectivity index (χ3n) is 5.79. The van der Waals surface area contributed by atoms with Gasteiger partial charge >= 0.3 is 0 Å². The second-order valence-corrected chi connectivity index (χ2v) is 7.76. The minimum absolute atomic E-state index is 0.0134. The Labute approximate surface area is 183 Å². The first kappa shape index (κ1) is 20.6. The van der Waals surface area contributed by atoms with E-state index in [1.54, 1.807) is 12.1 Å². The predicted molar refractivity (Wildman–Crippen MR) is 126 cm³/mol. The molecule has 4 rings (SSSR count). The molecular weight excluding hydrogens is 384 g/mol. The lowest BCUT2D eigenvalue weighted by Gasteiger charge is -2.27. The fourth-order valence-electron chi connectivity index (χ4n) is 3.96. The number of para-hydroxylation sites is 1. The van der Waals surface area contributed by atoms with Crippen molar-refractivity contribution < 1.29 is 9.53 Å². The lowest BCUT2D eigenvalue weighted by atomic mass is 9.74. The molecule has 1 atom stereocenters. The summed E-state index contributed by atoms with van der Waals surface area (Å²) in [4.78, 5) is 13.7. The largest absolute Gasteiger partial charge is 0.497 e. The lowest BCUT2D eigenvalue weighted by Crippen LogP contribution is -2.40. The van der Waals surface area contributed by atoms with Crippen LogP contribution in [-0.2, 0) is 11.2 Å². The zero-order valence-corrected chi connectivity index (χ0v) is 17.9. The van der Waals surface area contributed by atoms with E-state index in [9.17, 15) is 4.79 Å². The molecule has 1 heterocycles. The monoisotopic (exact) mass is 410 g/mol. The van der Waals surface area contributed by atoms with Crippen molar-refractivity contribution in [1.82, 2.24) is 0 Å². The van der Waals surface area contributed by atoms with E-state index in [1.807, 2.05) is 79.7 Å². The molecule has 1 aliphatic rings. The van der Waals surface area contributed by atoms with Gasteiger partial charge in [0.25, 0.3) is 5.91 Å². The Balaban J connectivity index is 1.64. The van der Waals surface area contributed by atoms with Gasteiger partial charge in [-0.25, -0.2) is 0 Å². The number of hydrazone groups is 1. The van der Waals surface area contributed by atoms with E-state index in [1.165, 1.54) is 0 Å². The van der Waals surface area contributed by atoms with Gasteiger partial charge in [0.15, 0.2) is 0 Å². The molecule has 4 heteroatoms. The SMILES string of the molecule is COc1ccc(/C=C/CC2(Cc3ccccc3)C(=O)N(c3ccccc3)N=C2C)cc1. The van der Waals surface area contributed by atoms with E-state index >= 15 is 0 Å². The number of benzene rings is 3. The number of amides is 1. The Morgan fingerprint density at radius 1 is 0.935 bits per heavy atom. The zero-order valence-electron chi connectivity index (χ0n) is 17.9. The highest BCUT2D eigenvalue weighted by Crippen LogP contribution is 2.39. The zero-order chi connectivity index (χ0) is 21.7. The molecule has 1 aliphatic heterocycles. The summed E-state index contributed by atoms with van der Waals surface area (Å²) in [6.07, 6.45) is 5.32. The molecule has 0 bridgehead atoms. The van der Waals surface area contributed by atoms with E-state index in [0.29, 0.717) is 12.8 Å². The maximum Gasteiger partial charge on any atom is 0.260 e. The Morgan fingerprint density at radius 3 is 2.23 bits per heavy atom. The van der Waals surface area contributed by atoms with E-state index < -0.39 is 5.41 Å². The van der Waals surface area contributed by atoms with Gasteiger partial charge in [-0.2, -0.15) is 10.1 Å². The molecular formula is C27H26N2O2. The molecule has 0 N–H and O–H groups in total. The minimum Gasteiger partial charge on any atom is -0.497 e. The van der Waals surface area contributed by atoms with Gasteiger partial charge in [0.2, 0.25) is 0 Å². The number of carbonyl (C=O) groups excluding carboxylic acids is 1. The highest BCUT2D eigenvalue weighted by atomic mass is 16.5. The molecule has 0 saturated heterocycles. The van der Waals surface area contributed by atoms with Gasteiger partial charge in [-0.05, 0) is 55.2 Å². The molecule has 0 aliphatic carbocycles. The highest BCUT2D eigenvalue weighted by molar-refractivity contribution is 6.18. The third-order valence-corrected chi connectivity index (χ3v) is 5.79. The van der Waals surface area contributed by atoms with Crippen molar-refractivity contribution >= 4 is 23.4 Å². The summed E-state index contributed by atoms with van der Waals surface area (Å²) < 4.78 is 5.23. The molecule has 0 spiro atoms. The summed E-state index contributed by atoms with van der Waals surface area (Å²) >= 11 is 0. The number of methoxy groups -OCH3 is 1. The molecule has 1 unspecified atom stereocenters. The Bertz CT molecular complexity index is 1090. The first-order valence-electron chi connectivity index (χ1n) is 10.4. The van der Waals surface area contributed by atoms with E-state index in [0.717, 1.165) is 28.3 Å². The number of hydrogen-bond acceptors (Lipinski definition) is 3. The highest BCUT2D eigenvalue weighted by Gasteiger charge is 2.48. The van der Waals surface area contributed by atoms with Crippen molar-refractivity contribution in [1.29, 1.82) is 0 Å². The van der Waals surface area contributed by atoms with Gasteiger partial charge in [0, 0.05) is 0 Å². The minimum atomic E-state index is -0.708. The van der Waals surface area contributed by atoms with Crippen LogP contribution in [-0.4, -0.2) is 18.7 Å². The molecule has 0 aromatic heterocycles. The molecule has 0 saturated carbocycles. The standard InChI is InChI=1S/C27H26N2O2/c1-21-27(20-23-10-5-3-6-11-23,19-9-12-22-15-17-25(31-2)18-16-22)26(30)29(28-21)24-13-7-4-8-14-24/h3-18H,19-20H2,1-2H3/b12-9+. The first-order chi connectivity index (χ1) is 15.1. The van der Waals surface area contributed by atoms with Crippen LogP contribution in [0.1, 0.15) is 24.5 Å². The van der Waals surface area contributed by atoms with Crippen LogP contribution in [0.15, 0.2) is 96.1 Å². The lowest BCUT2D eigenvalue weighted by molar-refractivity contribution is -0.123. The fraction of sp³-hybridized carbons (Fsp3) is 0.185. The topological polar surface area (TPSA) is 41.9 Å². The molecule has 156 valence electrons.